The van der Waals surface area contributed by atoms with Gasteiger partial charge in [-0.3, -0.25) is 0 Å². The number of halogens is 2. The van der Waals surface area contributed by atoms with Crippen molar-refractivity contribution < 1.29 is 13.2 Å². The summed E-state index contributed by atoms with van der Waals surface area (Å²) in [5.74, 6) is -2.60. The fourth-order valence-corrected chi connectivity index (χ4v) is 5.29. The van der Waals surface area contributed by atoms with Gasteiger partial charge in [-0.05, 0) is 72.0 Å². The van der Waals surface area contributed by atoms with Crippen LogP contribution in [-0.2, 0) is 0 Å². The summed E-state index contributed by atoms with van der Waals surface area (Å²) in [4.78, 5) is 0. The molecule has 0 saturated heterocycles. The van der Waals surface area contributed by atoms with E-state index in [1.165, 1.54) is 5.56 Å². The maximum atomic E-state index is 13.7. The van der Waals surface area contributed by atoms with Crippen molar-refractivity contribution in [1.29, 1.82) is 0 Å². The van der Waals surface area contributed by atoms with Gasteiger partial charge in [-0.1, -0.05) is 36.4 Å². The lowest BCUT2D eigenvalue weighted by Gasteiger charge is -2.26. The smallest absolute Gasteiger partial charge is 0.248 e. The topological polar surface area (TPSA) is 25.2 Å². The van der Waals surface area contributed by atoms with E-state index in [9.17, 15) is 8.78 Å². The third-order valence-electron chi connectivity index (χ3n) is 6.78. The second kappa shape index (κ2) is 6.68. The Labute approximate surface area is 179 Å². The molecule has 1 saturated carbocycles. The summed E-state index contributed by atoms with van der Waals surface area (Å²) in [6.07, 6.45) is 4.48. The van der Waals surface area contributed by atoms with Crippen molar-refractivity contribution in [2.45, 2.75) is 44.1 Å². The summed E-state index contributed by atoms with van der Waals surface area (Å²) < 4.78 is 33.8. The lowest BCUT2D eigenvalue weighted by molar-refractivity contribution is 0.00776. The van der Waals surface area contributed by atoms with Crippen molar-refractivity contribution in [3.05, 3.63) is 88.6 Å². The Morgan fingerprint density at radius 2 is 1.87 bits per heavy atom. The molecule has 1 aliphatic heterocycles. The molecule has 2 heterocycles. The molecular weight excluding hydrogens is 392 g/mol. The first-order valence-electron chi connectivity index (χ1n) is 10.8. The van der Waals surface area contributed by atoms with Gasteiger partial charge in [-0.25, -0.2) is 8.78 Å². The van der Waals surface area contributed by atoms with Crippen LogP contribution in [0.15, 0.2) is 65.2 Å². The molecule has 6 rings (SSSR count). The van der Waals surface area contributed by atoms with Gasteiger partial charge in [0.05, 0.1) is 6.04 Å². The van der Waals surface area contributed by atoms with Crippen molar-refractivity contribution >= 4 is 28.0 Å². The molecule has 0 radical (unpaired) electrons. The highest BCUT2D eigenvalue weighted by Gasteiger charge is 2.40. The number of benzene rings is 3. The summed E-state index contributed by atoms with van der Waals surface area (Å²) in [7, 11) is 0. The molecule has 31 heavy (non-hydrogen) atoms. The maximum Gasteiger partial charge on any atom is 0.248 e. The van der Waals surface area contributed by atoms with E-state index < -0.39 is 5.92 Å². The number of hydrogen-bond donors (Lipinski definition) is 1. The van der Waals surface area contributed by atoms with E-state index in [0.29, 0.717) is 6.42 Å². The Morgan fingerprint density at radius 1 is 1.00 bits per heavy atom. The van der Waals surface area contributed by atoms with Gasteiger partial charge in [0.25, 0.3) is 0 Å². The minimum Gasteiger partial charge on any atom is -0.456 e. The summed E-state index contributed by atoms with van der Waals surface area (Å²) in [6, 6.07) is 18.6. The third kappa shape index (κ3) is 3.04. The SMILES string of the molecule is Cc1cc(C2NC=Cc3cc(C4CCC(F)(F)C4)ccc32)c2oc3ccccc3c2c1. The molecule has 4 aromatic rings. The molecule has 4 heteroatoms. The van der Waals surface area contributed by atoms with Crippen LogP contribution in [0.4, 0.5) is 8.78 Å². The number of furan rings is 1. The minimum absolute atomic E-state index is 0.0118. The molecule has 0 amide bonds. The Balaban J connectivity index is 1.46. The number of para-hydroxylation sites is 1. The second-order valence-electron chi connectivity index (χ2n) is 8.95. The predicted molar refractivity (Wildman–Crippen MR) is 120 cm³/mol. The Morgan fingerprint density at radius 3 is 2.71 bits per heavy atom. The van der Waals surface area contributed by atoms with Crippen molar-refractivity contribution in [2.24, 2.45) is 0 Å². The Hall–Kier alpha value is -3.14. The zero-order valence-electron chi connectivity index (χ0n) is 17.3. The van der Waals surface area contributed by atoms with Crippen molar-refractivity contribution in [3.63, 3.8) is 0 Å². The average Bonchev–Trinajstić information content (AvgIpc) is 3.32. The molecule has 1 fully saturated rings. The summed E-state index contributed by atoms with van der Waals surface area (Å²) in [5.41, 5.74) is 7.29. The van der Waals surface area contributed by atoms with Gasteiger partial charge in [-0.15, -0.1) is 0 Å². The number of aryl methyl sites for hydroxylation is 1. The van der Waals surface area contributed by atoms with Gasteiger partial charge >= 0.3 is 0 Å². The highest BCUT2D eigenvalue weighted by atomic mass is 19.3. The quantitative estimate of drug-likeness (QED) is 0.367. The molecule has 2 unspecified atom stereocenters. The highest BCUT2D eigenvalue weighted by molar-refractivity contribution is 6.06. The Kier molecular flexibility index (Phi) is 4.01. The molecule has 2 aliphatic rings. The van der Waals surface area contributed by atoms with Crippen molar-refractivity contribution in [3.8, 4) is 0 Å². The van der Waals surface area contributed by atoms with E-state index in [0.717, 1.165) is 44.2 Å². The molecule has 0 bridgehead atoms. The van der Waals surface area contributed by atoms with Gasteiger partial charge in [-0.2, -0.15) is 0 Å². The van der Waals surface area contributed by atoms with Crippen LogP contribution in [0.5, 0.6) is 0 Å². The Bertz CT molecular complexity index is 1350. The molecule has 2 nitrogen and oxygen atoms in total. The maximum absolute atomic E-state index is 13.7. The van der Waals surface area contributed by atoms with E-state index >= 15 is 0 Å². The normalized spacial score (nSPS) is 22.0. The van der Waals surface area contributed by atoms with Crippen LogP contribution in [-0.4, -0.2) is 5.92 Å². The number of fused-ring (bicyclic) bond motifs is 4. The summed E-state index contributed by atoms with van der Waals surface area (Å²) in [6.45, 7) is 2.10. The van der Waals surface area contributed by atoms with Gasteiger partial charge in [0.2, 0.25) is 5.92 Å². The number of alkyl halides is 2. The fourth-order valence-electron chi connectivity index (χ4n) is 5.29. The summed E-state index contributed by atoms with van der Waals surface area (Å²) >= 11 is 0. The highest BCUT2D eigenvalue weighted by Crippen LogP contribution is 2.45. The molecule has 2 atom stereocenters. The van der Waals surface area contributed by atoms with E-state index in [4.69, 9.17) is 4.42 Å². The standard InChI is InChI=1S/C27H23F2NO/c1-16-12-22-21-4-2-3-5-24(21)31-26(22)23(13-16)25-20-7-6-17(14-18(20)9-11-30-25)19-8-10-27(28,29)15-19/h2-7,9,11-14,19,25,30H,8,10,15H2,1H3. The molecule has 1 N–H and O–H groups in total. The van der Waals surface area contributed by atoms with Gasteiger partial charge in [0.15, 0.2) is 0 Å². The summed E-state index contributed by atoms with van der Waals surface area (Å²) in [5, 5.41) is 5.73. The van der Waals surface area contributed by atoms with Crippen LogP contribution in [0.2, 0.25) is 0 Å². The average molecular weight is 415 g/mol. The largest absolute Gasteiger partial charge is 0.456 e. The first kappa shape index (κ1) is 18.6. The van der Waals surface area contributed by atoms with Gasteiger partial charge in [0, 0.05) is 29.2 Å². The van der Waals surface area contributed by atoms with Crippen LogP contribution in [0.25, 0.3) is 28.0 Å². The predicted octanol–water partition coefficient (Wildman–Crippen LogP) is 7.46. The monoisotopic (exact) mass is 415 g/mol. The number of nitrogens with one attached hydrogen (secondary N) is 1. The fraction of sp³-hybridized carbons (Fsp3) is 0.259. The molecule has 1 aliphatic carbocycles. The second-order valence-corrected chi connectivity index (χ2v) is 8.95. The third-order valence-corrected chi connectivity index (χ3v) is 6.78. The van der Waals surface area contributed by atoms with Crippen molar-refractivity contribution in [1.82, 2.24) is 5.32 Å². The minimum atomic E-state index is -2.53. The van der Waals surface area contributed by atoms with E-state index in [1.54, 1.807) is 0 Å². The molecule has 3 aromatic carbocycles. The van der Waals surface area contributed by atoms with Crippen LogP contribution < -0.4 is 5.32 Å². The van der Waals surface area contributed by atoms with Gasteiger partial charge < -0.3 is 9.73 Å². The number of rotatable bonds is 2. The van der Waals surface area contributed by atoms with Crippen LogP contribution in [0.1, 0.15) is 59.0 Å². The van der Waals surface area contributed by atoms with E-state index in [-0.39, 0.29) is 24.8 Å². The molecule has 0 spiro atoms. The number of hydrogen-bond acceptors (Lipinski definition) is 2. The first-order chi connectivity index (χ1) is 15.0. The van der Waals surface area contributed by atoms with Crippen LogP contribution in [0, 0.1) is 6.92 Å². The van der Waals surface area contributed by atoms with Gasteiger partial charge in [0.1, 0.15) is 11.2 Å². The van der Waals surface area contributed by atoms with E-state index in [2.05, 4.69) is 42.6 Å². The molecule has 1 aromatic heterocycles. The lowest BCUT2D eigenvalue weighted by Crippen LogP contribution is -2.21. The van der Waals surface area contributed by atoms with Crippen molar-refractivity contribution in [2.75, 3.05) is 0 Å². The van der Waals surface area contributed by atoms with E-state index in [1.807, 2.05) is 36.5 Å². The van der Waals surface area contributed by atoms with Crippen LogP contribution >= 0.6 is 0 Å². The first-order valence-corrected chi connectivity index (χ1v) is 10.8. The molecule has 156 valence electrons. The molecular formula is C27H23F2NO. The zero-order chi connectivity index (χ0) is 21.2. The zero-order valence-corrected chi connectivity index (χ0v) is 17.3. The lowest BCUT2D eigenvalue weighted by atomic mass is 9.87. The van der Waals surface area contributed by atoms with Crippen LogP contribution in [0.3, 0.4) is 0 Å².